The first-order chi connectivity index (χ1) is 7.68. The number of nitrogens with zero attached hydrogens (tertiary/aromatic N) is 2. The van der Waals surface area contributed by atoms with Gasteiger partial charge < -0.3 is 5.11 Å². The van der Waals surface area contributed by atoms with E-state index in [9.17, 15) is 4.79 Å². The fourth-order valence-electron chi connectivity index (χ4n) is 2.13. The Bertz CT molecular complexity index is 345. The molecule has 1 aromatic heterocycles. The number of carboxylic acids is 1. The summed E-state index contributed by atoms with van der Waals surface area (Å²) in [6.07, 6.45) is 3.33. The lowest BCUT2D eigenvalue weighted by Gasteiger charge is -2.33. The van der Waals surface area contributed by atoms with Gasteiger partial charge in [0.1, 0.15) is 5.01 Å². The third-order valence-corrected chi connectivity index (χ3v) is 4.18. The van der Waals surface area contributed by atoms with Crippen molar-refractivity contribution in [1.82, 2.24) is 9.88 Å². The summed E-state index contributed by atoms with van der Waals surface area (Å²) < 4.78 is 0. The van der Waals surface area contributed by atoms with Gasteiger partial charge in [-0.2, -0.15) is 0 Å². The van der Waals surface area contributed by atoms with Gasteiger partial charge in [-0.1, -0.05) is 0 Å². The van der Waals surface area contributed by atoms with Gasteiger partial charge >= 0.3 is 5.97 Å². The second-order valence-electron chi connectivity index (χ2n) is 4.19. The fraction of sp³-hybridized carbons (Fsp3) is 0.636. The van der Waals surface area contributed by atoms with Crippen molar-refractivity contribution in [3.63, 3.8) is 0 Å². The molecular formula is C11H16N2O2S. The molecule has 0 spiro atoms. The summed E-state index contributed by atoms with van der Waals surface area (Å²) in [5.41, 5.74) is 0. The molecule has 1 N–H and O–H groups in total. The lowest BCUT2D eigenvalue weighted by Crippen LogP contribution is -2.37. The first-order valence-corrected chi connectivity index (χ1v) is 6.42. The zero-order chi connectivity index (χ0) is 11.5. The molecule has 2 rings (SSSR count). The highest BCUT2D eigenvalue weighted by atomic mass is 32.1. The van der Waals surface area contributed by atoms with Crippen LogP contribution < -0.4 is 0 Å². The maximum absolute atomic E-state index is 10.8. The van der Waals surface area contributed by atoms with Crippen LogP contribution >= 0.6 is 11.3 Å². The van der Waals surface area contributed by atoms with Crippen LogP contribution in [0.4, 0.5) is 0 Å². The van der Waals surface area contributed by atoms with Crippen molar-refractivity contribution in [2.45, 2.75) is 25.8 Å². The van der Waals surface area contributed by atoms with E-state index >= 15 is 0 Å². The Morgan fingerprint density at radius 3 is 2.81 bits per heavy atom. The van der Waals surface area contributed by atoms with E-state index in [0.717, 1.165) is 30.9 Å². The molecule has 1 saturated heterocycles. The molecule has 1 atom stereocenters. The number of carboxylic acid groups (broad SMARTS) is 1. The number of thiazole rings is 1. The second-order valence-corrected chi connectivity index (χ2v) is 5.12. The fourth-order valence-corrected chi connectivity index (χ4v) is 2.86. The Balaban J connectivity index is 1.92. The molecule has 1 aliphatic rings. The predicted octanol–water partition coefficient (Wildman–Crippen LogP) is 2.00. The molecule has 0 radical (unpaired) electrons. The molecular weight excluding hydrogens is 224 g/mol. The summed E-state index contributed by atoms with van der Waals surface area (Å²) in [7, 11) is 0. The summed E-state index contributed by atoms with van der Waals surface area (Å²) >= 11 is 1.66. The van der Waals surface area contributed by atoms with E-state index in [1.165, 1.54) is 0 Å². The van der Waals surface area contributed by atoms with Gasteiger partial charge in [-0.05, 0) is 32.9 Å². The van der Waals surface area contributed by atoms with Crippen molar-refractivity contribution in [1.29, 1.82) is 0 Å². The molecule has 0 aromatic carbocycles. The average Bonchev–Trinajstić information content (AvgIpc) is 2.81. The van der Waals surface area contributed by atoms with Crippen LogP contribution in [-0.2, 0) is 4.79 Å². The van der Waals surface area contributed by atoms with Crippen molar-refractivity contribution in [2.75, 3.05) is 13.1 Å². The number of piperidine rings is 1. The van der Waals surface area contributed by atoms with Crippen LogP contribution in [0.2, 0.25) is 0 Å². The molecule has 0 bridgehead atoms. The van der Waals surface area contributed by atoms with Crippen molar-refractivity contribution >= 4 is 17.3 Å². The largest absolute Gasteiger partial charge is 0.481 e. The van der Waals surface area contributed by atoms with Gasteiger partial charge in [-0.25, -0.2) is 4.98 Å². The third-order valence-electron chi connectivity index (χ3n) is 3.24. The molecule has 2 heterocycles. The van der Waals surface area contributed by atoms with Crippen LogP contribution in [0.3, 0.4) is 0 Å². The molecule has 0 amide bonds. The Labute approximate surface area is 98.9 Å². The first kappa shape index (κ1) is 11.5. The van der Waals surface area contributed by atoms with E-state index in [-0.39, 0.29) is 5.92 Å². The van der Waals surface area contributed by atoms with Gasteiger partial charge in [0, 0.05) is 11.6 Å². The zero-order valence-electron chi connectivity index (χ0n) is 9.30. The number of hydrogen-bond acceptors (Lipinski definition) is 4. The van der Waals surface area contributed by atoms with Gasteiger partial charge in [0.05, 0.1) is 12.0 Å². The minimum Gasteiger partial charge on any atom is -0.481 e. The SMILES string of the molecule is C[C@H](c1nccs1)N1CCC(C(=O)O)CC1. The quantitative estimate of drug-likeness (QED) is 0.878. The summed E-state index contributed by atoms with van der Waals surface area (Å²) in [5.74, 6) is -0.804. The standard InChI is InChI=1S/C11H16N2O2S/c1-8(10-12-4-7-16-10)13-5-2-9(3-6-13)11(14)15/h4,7-9H,2-3,5-6H2,1H3,(H,14,15)/t8-/m1/s1. The normalized spacial score (nSPS) is 20.8. The van der Waals surface area contributed by atoms with Gasteiger partial charge in [0.2, 0.25) is 0 Å². The third kappa shape index (κ3) is 2.41. The highest BCUT2D eigenvalue weighted by Gasteiger charge is 2.27. The maximum atomic E-state index is 10.8. The van der Waals surface area contributed by atoms with Crippen LogP contribution in [0, 0.1) is 5.92 Å². The van der Waals surface area contributed by atoms with Crippen LogP contribution in [0.15, 0.2) is 11.6 Å². The molecule has 16 heavy (non-hydrogen) atoms. The molecule has 0 aliphatic carbocycles. The molecule has 1 fully saturated rings. The number of likely N-dealkylation sites (tertiary alicyclic amines) is 1. The lowest BCUT2D eigenvalue weighted by molar-refractivity contribution is -0.143. The van der Waals surface area contributed by atoms with E-state index in [1.807, 2.05) is 11.6 Å². The summed E-state index contributed by atoms with van der Waals surface area (Å²) in [6.45, 7) is 3.86. The maximum Gasteiger partial charge on any atom is 0.306 e. The minimum atomic E-state index is -0.651. The van der Waals surface area contributed by atoms with Crippen LogP contribution in [0.1, 0.15) is 30.8 Å². The van der Waals surface area contributed by atoms with Gasteiger partial charge in [-0.15, -0.1) is 11.3 Å². The van der Waals surface area contributed by atoms with E-state index in [0.29, 0.717) is 6.04 Å². The summed E-state index contributed by atoms with van der Waals surface area (Å²) in [6, 6.07) is 0.315. The van der Waals surface area contributed by atoms with Crippen molar-refractivity contribution in [2.24, 2.45) is 5.92 Å². The Morgan fingerprint density at radius 2 is 2.31 bits per heavy atom. The molecule has 4 nitrogen and oxygen atoms in total. The van der Waals surface area contributed by atoms with Gasteiger partial charge in [-0.3, -0.25) is 9.69 Å². The highest BCUT2D eigenvalue weighted by molar-refractivity contribution is 7.09. The number of carbonyl (C=O) groups is 1. The van der Waals surface area contributed by atoms with Crippen LogP contribution in [0.25, 0.3) is 0 Å². The number of aliphatic carboxylic acids is 1. The Kier molecular flexibility index (Phi) is 3.56. The smallest absolute Gasteiger partial charge is 0.306 e. The van der Waals surface area contributed by atoms with E-state index in [2.05, 4.69) is 16.8 Å². The first-order valence-electron chi connectivity index (χ1n) is 5.54. The van der Waals surface area contributed by atoms with E-state index in [4.69, 9.17) is 5.11 Å². The number of rotatable bonds is 3. The predicted molar refractivity (Wildman–Crippen MR) is 62.5 cm³/mol. The second kappa shape index (κ2) is 4.93. The number of aromatic nitrogens is 1. The average molecular weight is 240 g/mol. The van der Waals surface area contributed by atoms with Gasteiger partial charge in [0.25, 0.3) is 0 Å². The molecule has 88 valence electrons. The lowest BCUT2D eigenvalue weighted by atomic mass is 9.96. The topological polar surface area (TPSA) is 53.4 Å². The minimum absolute atomic E-state index is 0.153. The van der Waals surface area contributed by atoms with Crippen molar-refractivity contribution in [3.05, 3.63) is 16.6 Å². The highest BCUT2D eigenvalue weighted by Crippen LogP contribution is 2.27. The van der Waals surface area contributed by atoms with E-state index in [1.54, 1.807) is 11.3 Å². The van der Waals surface area contributed by atoms with Crippen LogP contribution in [-0.4, -0.2) is 34.0 Å². The summed E-state index contributed by atoms with van der Waals surface area (Å²) in [5, 5.41) is 12.0. The Morgan fingerprint density at radius 1 is 1.62 bits per heavy atom. The van der Waals surface area contributed by atoms with Crippen molar-refractivity contribution in [3.8, 4) is 0 Å². The molecule has 1 aliphatic heterocycles. The van der Waals surface area contributed by atoms with E-state index < -0.39 is 5.97 Å². The van der Waals surface area contributed by atoms with Crippen molar-refractivity contribution < 1.29 is 9.90 Å². The molecule has 5 heteroatoms. The molecule has 1 aromatic rings. The number of hydrogen-bond donors (Lipinski definition) is 1. The monoisotopic (exact) mass is 240 g/mol. The molecule has 0 saturated carbocycles. The summed E-state index contributed by atoms with van der Waals surface area (Å²) in [4.78, 5) is 17.5. The zero-order valence-corrected chi connectivity index (χ0v) is 10.1. The Hall–Kier alpha value is -0.940. The molecule has 0 unspecified atom stereocenters. The van der Waals surface area contributed by atoms with Crippen LogP contribution in [0.5, 0.6) is 0 Å². The van der Waals surface area contributed by atoms with Gasteiger partial charge in [0.15, 0.2) is 0 Å².